The van der Waals surface area contributed by atoms with Gasteiger partial charge in [-0.25, -0.2) is 17.5 Å². The summed E-state index contributed by atoms with van der Waals surface area (Å²) in [5.74, 6) is 0.409. The molecule has 3 aromatic rings. The van der Waals surface area contributed by atoms with Gasteiger partial charge in [0, 0.05) is 7.05 Å². The number of halogens is 1. The Balaban J connectivity index is 1.89. The molecule has 1 N–H and O–H groups in total. The molecule has 0 aliphatic heterocycles. The van der Waals surface area contributed by atoms with E-state index in [9.17, 15) is 12.8 Å². The second-order valence-corrected chi connectivity index (χ2v) is 9.40. The first-order valence-corrected chi connectivity index (χ1v) is 11.3. The maximum atomic E-state index is 13.3. The van der Waals surface area contributed by atoms with Crippen LogP contribution >= 0.6 is 0 Å². The summed E-state index contributed by atoms with van der Waals surface area (Å²) in [7, 11) is -2.14. The van der Waals surface area contributed by atoms with E-state index in [4.69, 9.17) is 4.74 Å². The van der Waals surface area contributed by atoms with Crippen molar-refractivity contribution in [1.82, 2.24) is 19.5 Å². The zero-order valence-electron chi connectivity index (χ0n) is 18.7. The second kappa shape index (κ2) is 8.39. The number of ether oxygens (including phenoxy) is 1. The van der Waals surface area contributed by atoms with E-state index in [2.05, 4.69) is 14.9 Å². The molecule has 7 nitrogen and oxygen atoms in total. The fourth-order valence-corrected chi connectivity index (χ4v) is 5.41. The molecule has 166 valence electrons. The predicted octanol–water partition coefficient (Wildman–Crippen LogP) is 4.33. The maximum Gasteiger partial charge on any atom is 0.322 e. The maximum absolute atomic E-state index is 13.3. The lowest BCUT2D eigenvalue weighted by Gasteiger charge is -2.21. The smallest absolute Gasteiger partial charge is 0.322 e. The highest BCUT2D eigenvalue weighted by atomic mass is 32.2. The van der Waals surface area contributed by atoms with Crippen molar-refractivity contribution in [2.45, 2.75) is 52.5 Å². The Labute approximate surface area is 182 Å². The highest BCUT2D eigenvalue weighted by molar-refractivity contribution is 7.89. The van der Waals surface area contributed by atoms with E-state index < -0.39 is 16.1 Å². The molecule has 0 amide bonds. The number of nitrogens with zero attached hydrogens (tertiary/aromatic N) is 3. The van der Waals surface area contributed by atoms with Crippen molar-refractivity contribution in [1.29, 1.82) is 0 Å². The molecule has 0 fully saturated rings. The molecule has 0 radical (unpaired) electrons. The predicted molar refractivity (Wildman–Crippen MR) is 116 cm³/mol. The van der Waals surface area contributed by atoms with Crippen molar-refractivity contribution in [3.05, 3.63) is 63.7 Å². The Morgan fingerprint density at radius 2 is 1.45 bits per heavy atom. The van der Waals surface area contributed by atoms with Crippen molar-refractivity contribution < 1.29 is 17.5 Å². The SMILES string of the molecule is Cc1c(C)c(C)c(S(=O)(=O)N[C@H](C)c2nnc(Oc3ccc(F)cc3)n2C)c(C)c1C. The Kier molecular flexibility index (Phi) is 6.20. The van der Waals surface area contributed by atoms with Gasteiger partial charge in [-0.1, -0.05) is 5.10 Å². The summed E-state index contributed by atoms with van der Waals surface area (Å²) < 4.78 is 49.6. The molecule has 0 saturated carbocycles. The summed E-state index contributed by atoms with van der Waals surface area (Å²) in [6, 6.07) is 5.02. The molecule has 1 heterocycles. The molecule has 0 spiro atoms. The van der Waals surface area contributed by atoms with Crippen LogP contribution in [0.5, 0.6) is 11.8 Å². The first-order valence-electron chi connectivity index (χ1n) is 9.86. The van der Waals surface area contributed by atoms with Crippen molar-refractivity contribution in [3.63, 3.8) is 0 Å². The Bertz CT molecular complexity index is 1210. The fraction of sp³-hybridized carbons (Fsp3) is 0.364. The lowest BCUT2D eigenvalue weighted by Crippen LogP contribution is -2.30. The number of hydrogen-bond acceptors (Lipinski definition) is 5. The average molecular weight is 447 g/mol. The zero-order chi connectivity index (χ0) is 23.1. The van der Waals surface area contributed by atoms with Crippen LogP contribution in [-0.4, -0.2) is 23.2 Å². The third-order valence-electron chi connectivity index (χ3n) is 5.81. The van der Waals surface area contributed by atoms with Crippen LogP contribution < -0.4 is 9.46 Å². The van der Waals surface area contributed by atoms with E-state index in [0.29, 0.717) is 16.5 Å². The molecule has 0 bridgehead atoms. The van der Waals surface area contributed by atoms with E-state index in [-0.39, 0.29) is 11.8 Å². The second-order valence-electron chi connectivity index (χ2n) is 7.75. The molecule has 0 aliphatic rings. The van der Waals surface area contributed by atoms with Gasteiger partial charge >= 0.3 is 6.01 Å². The van der Waals surface area contributed by atoms with E-state index in [1.807, 2.05) is 34.6 Å². The summed E-state index contributed by atoms with van der Waals surface area (Å²) in [5, 5.41) is 8.08. The number of aromatic nitrogens is 3. The first kappa shape index (κ1) is 22.9. The number of benzene rings is 2. The van der Waals surface area contributed by atoms with Crippen molar-refractivity contribution in [3.8, 4) is 11.8 Å². The van der Waals surface area contributed by atoms with Crippen LogP contribution in [0.4, 0.5) is 4.39 Å². The number of nitrogens with one attached hydrogen (secondary N) is 1. The van der Waals surface area contributed by atoms with Crippen LogP contribution in [0.2, 0.25) is 0 Å². The molecule has 0 unspecified atom stereocenters. The van der Waals surface area contributed by atoms with Crippen LogP contribution in [0, 0.1) is 40.4 Å². The molecule has 9 heteroatoms. The summed E-state index contributed by atoms with van der Waals surface area (Å²) in [6.07, 6.45) is 0. The average Bonchev–Trinajstić information content (AvgIpc) is 3.06. The highest BCUT2D eigenvalue weighted by Gasteiger charge is 2.27. The van der Waals surface area contributed by atoms with E-state index >= 15 is 0 Å². The largest absolute Gasteiger partial charge is 0.424 e. The van der Waals surface area contributed by atoms with Gasteiger partial charge in [0.05, 0.1) is 10.9 Å². The molecular weight excluding hydrogens is 419 g/mol. The van der Waals surface area contributed by atoms with Gasteiger partial charge in [-0.15, -0.1) is 5.10 Å². The monoisotopic (exact) mass is 446 g/mol. The van der Waals surface area contributed by atoms with Crippen LogP contribution in [0.25, 0.3) is 0 Å². The van der Waals surface area contributed by atoms with Gasteiger partial charge in [-0.3, -0.25) is 4.57 Å². The van der Waals surface area contributed by atoms with Gasteiger partial charge in [0.15, 0.2) is 5.82 Å². The minimum Gasteiger partial charge on any atom is -0.424 e. The minimum absolute atomic E-state index is 0.169. The third-order valence-corrected chi connectivity index (χ3v) is 7.62. The fourth-order valence-electron chi connectivity index (χ4n) is 3.61. The molecule has 2 aromatic carbocycles. The molecule has 0 aliphatic carbocycles. The van der Waals surface area contributed by atoms with Crippen LogP contribution in [-0.2, 0) is 17.1 Å². The van der Waals surface area contributed by atoms with E-state index in [0.717, 1.165) is 27.8 Å². The molecule has 1 aromatic heterocycles. The quantitative estimate of drug-likeness (QED) is 0.609. The van der Waals surface area contributed by atoms with Crippen LogP contribution in [0.15, 0.2) is 29.2 Å². The number of rotatable bonds is 6. The molecule has 1 atom stereocenters. The van der Waals surface area contributed by atoms with Gasteiger partial charge in [-0.2, -0.15) is 0 Å². The van der Waals surface area contributed by atoms with Gasteiger partial charge in [0.25, 0.3) is 0 Å². The van der Waals surface area contributed by atoms with Gasteiger partial charge in [-0.05, 0) is 93.6 Å². The lowest BCUT2D eigenvalue weighted by atomic mass is 9.95. The van der Waals surface area contributed by atoms with Gasteiger partial charge in [0.1, 0.15) is 11.6 Å². The lowest BCUT2D eigenvalue weighted by molar-refractivity contribution is 0.417. The third kappa shape index (κ3) is 4.33. The van der Waals surface area contributed by atoms with Crippen LogP contribution in [0.3, 0.4) is 0 Å². The topological polar surface area (TPSA) is 86.1 Å². The van der Waals surface area contributed by atoms with E-state index in [1.165, 1.54) is 24.3 Å². The van der Waals surface area contributed by atoms with Crippen LogP contribution in [0.1, 0.15) is 46.6 Å². The summed E-state index contributed by atoms with van der Waals surface area (Å²) in [4.78, 5) is 0.296. The van der Waals surface area contributed by atoms with Crippen molar-refractivity contribution >= 4 is 10.0 Å². The van der Waals surface area contributed by atoms with Gasteiger partial charge < -0.3 is 4.74 Å². The highest BCUT2D eigenvalue weighted by Crippen LogP contribution is 2.30. The molecule has 31 heavy (non-hydrogen) atoms. The number of sulfonamides is 1. The summed E-state index contributed by atoms with van der Waals surface area (Å²) >= 11 is 0. The first-order chi connectivity index (χ1) is 14.4. The molecule has 0 saturated heterocycles. The Morgan fingerprint density at radius 3 is 2.00 bits per heavy atom. The Morgan fingerprint density at radius 1 is 0.935 bits per heavy atom. The zero-order valence-corrected chi connectivity index (χ0v) is 19.6. The molecule has 3 rings (SSSR count). The number of hydrogen-bond donors (Lipinski definition) is 1. The van der Waals surface area contributed by atoms with E-state index in [1.54, 1.807) is 18.5 Å². The summed E-state index contributed by atoms with van der Waals surface area (Å²) in [6.45, 7) is 11.2. The molecular formula is C22H27FN4O3S. The standard InChI is InChI=1S/C22H27FN4O3S/c1-12-13(2)15(4)20(16(5)14(12)3)31(28,29)26-17(6)21-24-25-22(27(21)7)30-19-10-8-18(23)9-11-19/h8-11,17,26H,1-7H3/t17-/m1/s1. The minimum atomic E-state index is -3.82. The Hall–Kier alpha value is -2.78. The van der Waals surface area contributed by atoms with Crippen molar-refractivity contribution in [2.24, 2.45) is 7.05 Å². The van der Waals surface area contributed by atoms with Gasteiger partial charge in [0.2, 0.25) is 10.0 Å². The summed E-state index contributed by atoms with van der Waals surface area (Å²) in [5.41, 5.74) is 4.49. The van der Waals surface area contributed by atoms with Crippen molar-refractivity contribution in [2.75, 3.05) is 0 Å². The normalized spacial score (nSPS) is 12.8.